The van der Waals surface area contributed by atoms with Crippen LogP contribution < -0.4 is 0 Å². The van der Waals surface area contributed by atoms with Crippen molar-refractivity contribution in [1.29, 1.82) is 0 Å². The molecule has 15 heavy (non-hydrogen) atoms. The highest BCUT2D eigenvalue weighted by Crippen LogP contribution is 2.31. The molecule has 4 heteroatoms. The lowest BCUT2D eigenvalue weighted by Gasteiger charge is -2.22. The molecule has 1 aromatic rings. The summed E-state index contributed by atoms with van der Waals surface area (Å²) in [5, 5.41) is 0. The van der Waals surface area contributed by atoms with E-state index in [0.29, 0.717) is 11.1 Å². The van der Waals surface area contributed by atoms with E-state index in [4.69, 9.17) is 4.74 Å². The summed E-state index contributed by atoms with van der Waals surface area (Å²) in [5.41, 5.74) is 1.20. The first-order valence-corrected chi connectivity index (χ1v) is 4.51. The minimum Gasteiger partial charge on any atom is -0.335 e. The van der Waals surface area contributed by atoms with Crippen molar-refractivity contribution in [3.63, 3.8) is 0 Å². The van der Waals surface area contributed by atoms with E-state index in [0.717, 1.165) is 6.29 Å². The van der Waals surface area contributed by atoms with Crippen LogP contribution >= 0.6 is 0 Å². The molecule has 4 nitrogen and oxygen atoms in total. The van der Waals surface area contributed by atoms with Gasteiger partial charge in [-0.05, 0) is 0 Å². The van der Waals surface area contributed by atoms with Crippen LogP contribution in [0.1, 0.15) is 15.9 Å². The van der Waals surface area contributed by atoms with E-state index in [9.17, 15) is 4.79 Å². The van der Waals surface area contributed by atoms with Gasteiger partial charge in [-0.25, -0.2) is 9.98 Å². The van der Waals surface area contributed by atoms with Gasteiger partial charge in [0.2, 0.25) is 0 Å². The third-order valence-electron chi connectivity index (χ3n) is 2.29. The van der Waals surface area contributed by atoms with Crippen LogP contribution in [0.25, 0.3) is 0 Å². The Hall–Kier alpha value is -1.81. The number of rotatable bonds is 3. The monoisotopic (exact) mass is 202 g/mol. The highest BCUT2D eigenvalue weighted by Gasteiger charge is 2.33. The fourth-order valence-corrected chi connectivity index (χ4v) is 1.55. The molecule has 0 aromatic heterocycles. The van der Waals surface area contributed by atoms with E-state index in [2.05, 4.69) is 9.98 Å². The van der Waals surface area contributed by atoms with Crippen molar-refractivity contribution in [2.45, 2.75) is 5.85 Å². The molecule has 1 aliphatic rings. The van der Waals surface area contributed by atoms with Gasteiger partial charge < -0.3 is 4.74 Å². The van der Waals surface area contributed by atoms with Gasteiger partial charge in [-0.2, -0.15) is 0 Å². The smallest absolute Gasteiger partial charge is 0.285 e. The van der Waals surface area contributed by atoms with Crippen LogP contribution in [0, 0.1) is 0 Å². The third kappa shape index (κ3) is 1.49. The molecule has 2 rings (SSSR count). The molecule has 0 aliphatic carbocycles. The summed E-state index contributed by atoms with van der Waals surface area (Å²) in [5.74, 6) is -1.07. The quantitative estimate of drug-likeness (QED) is 0.696. The Morgan fingerprint density at radius 1 is 1.27 bits per heavy atom. The van der Waals surface area contributed by atoms with Crippen molar-refractivity contribution in [3.05, 3.63) is 35.4 Å². The van der Waals surface area contributed by atoms with Crippen LogP contribution in [-0.2, 0) is 10.6 Å². The van der Waals surface area contributed by atoms with Gasteiger partial charge in [0.05, 0.1) is 0 Å². The van der Waals surface area contributed by atoms with Gasteiger partial charge in [0, 0.05) is 30.7 Å². The van der Waals surface area contributed by atoms with Crippen LogP contribution in [0.3, 0.4) is 0 Å². The molecule has 0 saturated carbocycles. The van der Waals surface area contributed by atoms with E-state index in [1.807, 2.05) is 6.07 Å². The second-order valence-corrected chi connectivity index (χ2v) is 3.07. The van der Waals surface area contributed by atoms with Gasteiger partial charge in [-0.3, -0.25) is 4.79 Å². The summed E-state index contributed by atoms with van der Waals surface area (Å²) in [6.07, 6.45) is 3.90. The highest BCUT2D eigenvalue weighted by molar-refractivity contribution is 6.17. The van der Waals surface area contributed by atoms with Gasteiger partial charge in [0.15, 0.2) is 6.29 Å². The van der Waals surface area contributed by atoms with Gasteiger partial charge in [-0.15, -0.1) is 0 Å². The number of methoxy groups -OCH3 is 1. The summed E-state index contributed by atoms with van der Waals surface area (Å²) in [4.78, 5) is 19.2. The summed E-state index contributed by atoms with van der Waals surface area (Å²) in [6, 6.07) is 7.12. The van der Waals surface area contributed by atoms with Crippen molar-refractivity contribution in [2.24, 2.45) is 9.98 Å². The SMILES string of the molecule is COC1(c2ccccc2C=O)N=CC=N1. The Morgan fingerprint density at radius 2 is 1.93 bits per heavy atom. The van der Waals surface area contributed by atoms with Crippen molar-refractivity contribution in [1.82, 2.24) is 0 Å². The normalized spacial score (nSPS) is 16.9. The largest absolute Gasteiger partial charge is 0.335 e. The van der Waals surface area contributed by atoms with Gasteiger partial charge in [0.25, 0.3) is 5.85 Å². The van der Waals surface area contributed by atoms with Crippen molar-refractivity contribution >= 4 is 18.7 Å². The lowest BCUT2D eigenvalue weighted by atomic mass is 10.0. The summed E-state index contributed by atoms with van der Waals surface area (Å²) < 4.78 is 5.27. The second kappa shape index (κ2) is 3.74. The number of nitrogens with zero attached hydrogens (tertiary/aromatic N) is 2. The zero-order valence-electron chi connectivity index (χ0n) is 8.25. The zero-order valence-corrected chi connectivity index (χ0v) is 8.25. The van der Waals surface area contributed by atoms with Crippen LogP contribution in [0.5, 0.6) is 0 Å². The standard InChI is InChI=1S/C11H10N2O2/c1-15-11(12-6-7-13-11)10-5-3-2-4-9(10)8-14/h2-8H,1H3. The Balaban J connectivity index is 2.57. The van der Waals surface area contributed by atoms with Gasteiger partial charge in [0.1, 0.15) is 0 Å². The summed E-state index contributed by atoms with van der Waals surface area (Å²) in [6.45, 7) is 0. The number of carbonyl (C=O) groups is 1. The maximum Gasteiger partial charge on any atom is 0.285 e. The predicted molar refractivity (Wildman–Crippen MR) is 57.5 cm³/mol. The van der Waals surface area contributed by atoms with Crippen LogP contribution in [0.2, 0.25) is 0 Å². The number of benzene rings is 1. The van der Waals surface area contributed by atoms with Crippen molar-refractivity contribution < 1.29 is 9.53 Å². The number of carbonyl (C=O) groups excluding carboxylic acids is 1. The lowest BCUT2D eigenvalue weighted by Crippen LogP contribution is -2.23. The van der Waals surface area contributed by atoms with E-state index < -0.39 is 5.85 Å². The molecule has 1 aromatic carbocycles. The minimum absolute atomic E-state index is 0.538. The predicted octanol–water partition coefficient (Wildman–Crippen LogP) is 1.41. The van der Waals surface area contributed by atoms with Crippen molar-refractivity contribution in [3.8, 4) is 0 Å². The number of aliphatic imine (C=N–C) groups is 2. The van der Waals surface area contributed by atoms with E-state index in [1.165, 1.54) is 7.11 Å². The molecular weight excluding hydrogens is 192 g/mol. The molecule has 1 heterocycles. The van der Waals surface area contributed by atoms with Crippen LogP contribution in [-0.4, -0.2) is 25.8 Å². The molecule has 0 atom stereocenters. The Labute approximate surface area is 87.3 Å². The van der Waals surface area contributed by atoms with Gasteiger partial charge >= 0.3 is 0 Å². The Bertz CT molecular complexity index is 426. The molecule has 0 saturated heterocycles. The first-order chi connectivity index (χ1) is 7.32. The van der Waals surface area contributed by atoms with E-state index in [1.54, 1.807) is 30.6 Å². The maximum atomic E-state index is 10.9. The average Bonchev–Trinajstić information content (AvgIpc) is 2.79. The van der Waals surface area contributed by atoms with E-state index >= 15 is 0 Å². The molecule has 0 amide bonds. The Morgan fingerprint density at radius 3 is 2.53 bits per heavy atom. The molecule has 0 fully saturated rings. The molecule has 76 valence electrons. The van der Waals surface area contributed by atoms with E-state index in [-0.39, 0.29) is 0 Å². The highest BCUT2D eigenvalue weighted by atomic mass is 16.5. The average molecular weight is 202 g/mol. The number of hydrogen-bond acceptors (Lipinski definition) is 4. The molecule has 0 radical (unpaired) electrons. The summed E-state index contributed by atoms with van der Waals surface area (Å²) in [7, 11) is 1.52. The zero-order chi connectivity index (χ0) is 10.7. The Kier molecular flexibility index (Phi) is 2.43. The summed E-state index contributed by atoms with van der Waals surface area (Å²) >= 11 is 0. The minimum atomic E-state index is -1.07. The second-order valence-electron chi connectivity index (χ2n) is 3.07. The maximum absolute atomic E-state index is 10.9. The first-order valence-electron chi connectivity index (χ1n) is 4.51. The molecular formula is C11H10N2O2. The number of ether oxygens (including phenoxy) is 1. The molecule has 0 N–H and O–H groups in total. The molecule has 0 bridgehead atoms. The molecule has 0 unspecified atom stereocenters. The van der Waals surface area contributed by atoms with Crippen LogP contribution in [0.4, 0.5) is 0 Å². The fourth-order valence-electron chi connectivity index (χ4n) is 1.55. The number of aldehydes is 1. The molecule has 0 spiro atoms. The fraction of sp³-hybridized carbons (Fsp3) is 0.182. The first kappa shape index (κ1) is 9.73. The topological polar surface area (TPSA) is 51.0 Å². The lowest BCUT2D eigenvalue weighted by molar-refractivity contribution is 0.00410. The van der Waals surface area contributed by atoms with Crippen LogP contribution in [0.15, 0.2) is 34.3 Å². The van der Waals surface area contributed by atoms with Crippen molar-refractivity contribution in [2.75, 3.05) is 7.11 Å². The molecule has 1 aliphatic heterocycles. The van der Waals surface area contributed by atoms with Gasteiger partial charge in [-0.1, -0.05) is 24.3 Å². The number of hydrogen-bond donors (Lipinski definition) is 0. The third-order valence-corrected chi connectivity index (χ3v) is 2.29.